The standard InChI is InChI=1S/C15H22N2O2/c18-13-4-2-1-3-11(13)15-16-14(17-19-15)12-8-9-5-6-10(12)7-9/h9-13,18H,1-8H2. The Morgan fingerprint density at radius 2 is 1.89 bits per heavy atom. The van der Waals surface area contributed by atoms with Gasteiger partial charge in [0.2, 0.25) is 5.89 Å². The lowest BCUT2D eigenvalue weighted by atomic mass is 9.86. The predicted octanol–water partition coefficient (Wildman–Crippen LogP) is 2.99. The topological polar surface area (TPSA) is 59.2 Å². The van der Waals surface area contributed by atoms with E-state index in [2.05, 4.69) is 10.1 Å². The molecule has 0 spiro atoms. The minimum Gasteiger partial charge on any atom is -0.392 e. The van der Waals surface area contributed by atoms with Crippen LogP contribution in [0.4, 0.5) is 0 Å². The van der Waals surface area contributed by atoms with Crippen molar-refractivity contribution in [1.29, 1.82) is 0 Å². The molecule has 19 heavy (non-hydrogen) atoms. The third kappa shape index (κ3) is 2.00. The van der Waals surface area contributed by atoms with Gasteiger partial charge in [0.25, 0.3) is 0 Å². The average molecular weight is 262 g/mol. The largest absolute Gasteiger partial charge is 0.392 e. The van der Waals surface area contributed by atoms with Crippen molar-refractivity contribution < 1.29 is 9.63 Å². The van der Waals surface area contributed by atoms with Gasteiger partial charge in [-0.05, 0) is 43.9 Å². The van der Waals surface area contributed by atoms with Crippen molar-refractivity contribution in [2.45, 2.75) is 69.3 Å². The molecule has 3 aliphatic rings. The molecule has 2 bridgehead atoms. The maximum atomic E-state index is 10.1. The molecule has 0 amide bonds. The SMILES string of the molecule is OC1CCCCC1c1nc(C2CC3CCC2C3)no1. The smallest absolute Gasteiger partial charge is 0.232 e. The summed E-state index contributed by atoms with van der Waals surface area (Å²) in [5, 5.41) is 14.3. The maximum absolute atomic E-state index is 10.1. The summed E-state index contributed by atoms with van der Waals surface area (Å²) in [6, 6.07) is 0. The van der Waals surface area contributed by atoms with Gasteiger partial charge in [-0.25, -0.2) is 0 Å². The van der Waals surface area contributed by atoms with E-state index >= 15 is 0 Å². The number of hydrogen-bond donors (Lipinski definition) is 1. The zero-order chi connectivity index (χ0) is 12.8. The Hall–Kier alpha value is -0.900. The highest BCUT2D eigenvalue weighted by atomic mass is 16.5. The minimum atomic E-state index is -0.290. The van der Waals surface area contributed by atoms with Gasteiger partial charge in [-0.15, -0.1) is 0 Å². The fourth-order valence-corrected chi connectivity index (χ4v) is 4.51. The first kappa shape index (κ1) is 11.9. The van der Waals surface area contributed by atoms with E-state index in [4.69, 9.17) is 4.52 Å². The van der Waals surface area contributed by atoms with Gasteiger partial charge in [0.15, 0.2) is 5.82 Å². The fourth-order valence-electron chi connectivity index (χ4n) is 4.51. The van der Waals surface area contributed by atoms with Crippen LogP contribution >= 0.6 is 0 Å². The van der Waals surface area contributed by atoms with Gasteiger partial charge in [0.05, 0.1) is 12.0 Å². The van der Waals surface area contributed by atoms with Crippen molar-refractivity contribution in [3.05, 3.63) is 11.7 Å². The summed E-state index contributed by atoms with van der Waals surface area (Å²) in [7, 11) is 0. The summed E-state index contributed by atoms with van der Waals surface area (Å²) in [6.45, 7) is 0. The maximum Gasteiger partial charge on any atom is 0.232 e. The molecule has 0 radical (unpaired) electrons. The molecule has 1 aromatic heterocycles. The van der Waals surface area contributed by atoms with Crippen LogP contribution in [0.3, 0.4) is 0 Å². The van der Waals surface area contributed by atoms with Crippen LogP contribution in [-0.2, 0) is 0 Å². The molecule has 3 saturated carbocycles. The summed E-state index contributed by atoms with van der Waals surface area (Å²) in [5.41, 5.74) is 0. The van der Waals surface area contributed by atoms with E-state index in [1.165, 1.54) is 25.7 Å². The number of aromatic nitrogens is 2. The molecular weight excluding hydrogens is 240 g/mol. The monoisotopic (exact) mass is 262 g/mol. The molecule has 5 unspecified atom stereocenters. The number of aliphatic hydroxyl groups excluding tert-OH is 1. The summed E-state index contributed by atoms with van der Waals surface area (Å²) in [5.74, 6) is 3.89. The highest BCUT2D eigenvalue weighted by molar-refractivity contribution is 5.08. The van der Waals surface area contributed by atoms with Crippen LogP contribution in [0.5, 0.6) is 0 Å². The summed E-state index contributed by atoms with van der Waals surface area (Å²) < 4.78 is 5.47. The molecule has 0 aliphatic heterocycles. The first-order valence-electron chi connectivity index (χ1n) is 7.83. The number of nitrogens with zero attached hydrogens (tertiary/aromatic N) is 2. The molecule has 104 valence electrons. The van der Waals surface area contributed by atoms with Crippen molar-refractivity contribution in [2.75, 3.05) is 0 Å². The third-order valence-electron chi connectivity index (χ3n) is 5.57. The Morgan fingerprint density at radius 1 is 1.00 bits per heavy atom. The Kier molecular flexibility index (Phi) is 2.87. The molecule has 1 heterocycles. The average Bonchev–Trinajstić information content (AvgIpc) is 3.15. The number of rotatable bonds is 2. The Labute approximate surface area is 113 Å². The van der Waals surface area contributed by atoms with Crippen LogP contribution in [0.25, 0.3) is 0 Å². The normalized spacial score (nSPS) is 41.8. The van der Waals surface area contributed by atoms with Crippen LogP contribution in [0.2, 0.25) is 0 Å². The number of hydrogen-bond acceptors (Lipinski definition) is 4. The zero-order valence-corrected chi connectivity index (χ0v) is 11.3. The second-order valence-electron chi connectivity index (χ2n) is 6.73. The van der Waals surface area contributed by atoms with Crippen molar-refractivity contribution in [3.8, 4) is 0 Å². The van der Waals surface area contributed by atoms with Gasteiger partial charge in [-0.2, -0.15) is 4.98 Å². The molecule has 0 aromatic carbocycles. The molecule has 4 rings (SSSR count). The second-order valence-corrected chi connectivity index (χ2v) is 6.73. The van der Waals surface area contributed by atoms with Crippen LogP contribution in [0.1, 0.15) is 74.9 Å². The van der Waals surface area contributed by atoms with Gasteiger partial charge >= 0.3 is 0 Å². The van der Waals surface area contributed by atoms with Crippen LogP contribution < -0.4 is 0 Å². The summed E-state index contributed by atoms with van der Waals surface area (Å²) in [6.07, 6.45) is 9.19. The zero-order valence-electron chi connectivity index (χ0n) is 11.3. The van der Waals surface area contributed by atoms with Crippen molar-refractivity contribution in [3.63, 3.8) is 0 Å². The lowest BCUT2D eigenvalue weighted by Gasteiger charge is -2.24. The number of aliphatic hydroxyl groups is 1. The molecule has 4 heteroatoms. The van der Waals surface area contributed by atoms with E-state index in [9.17, 15) is 5.11 Å². The summed E-state index contributed by atoms with van der Waals surface area (Å²) in [4.78, 5) is 4.65. The van der Waals surface area contributed by atoms with Crippen molar-refractivity contribution in [1.82, 2.24) is 10.1 Å². The Morgan fingerprint density at radius 3 is 2.63 bits per heavy atom. The lowest BCUT2D eigenvalue weighted by molar-refractivity contribution is 0.0908. The first-order valence-corrected chi connectivity index (χ1v) is 7.83. The van der Waals surface area contributed by atoms with Gasteiger partial charge < -0.3 is 9.63 Å². The van der Waals surface area contributed by atoms with Gasteiger partial charge in [0.1, 0.15) is 0 Å². The fraction of sp³-hybridized carbons (Fsp3) is 0.867. The summed E-state index contributed by atoms with van der Waals surface area (Å²) >= 11 is 0. The quantitative estimate of drug-likeness (QED) is 0.890. The van der Waals surface area contributed by atoms with E-state index in [0.717, 1.165) is 43.3 Å². The third-order valence-corrected chi connectivity index (χ3v) is 5.57. The molecule has 5 atom stereocenters. The first-order chi connectivity index (χ1) is 9.31. The van der Waals surface area contributed by atoms with E-state index in [-0.39, 0.29) is 12.0 Å². The minimum absolute atomic E-state index is 0.0774. The lowest BCUT2D eigenvalue weighted by Crippen LogP contribution is -2.22. The van der Waals surface area contributed by atoms with Crippen molar-refractivity contribution in [2.24, 2.45) is 11.8 Å². The highest BCUT2D eigenvalue weighted by Gasteiger charge is 2.42. The van der Waals surface area contributed by atoms with Gasteiger partial charge in [-0.1, -0.05) is 24.4 Å². The predicted molar refractivity (Wildman–Crippen MR) is 69.7 cm³/mol. The van der Waals surface area contributed by atoms with Crippen molar-refractivity contribution >= 4 is 0 Å². The Bertz CT molecular complexity index is 442. The second kappa shape index (κ2) is 4.58. The van der Waals surface area contributed by atoms with E-state index in [0.29, 0.717) is 11.8 Å². The number of fused-ring (bicyclic) bond motifs is 2. The van der Waals surface area contributed by atoms with E-state index in [1.54, 1.807) is 0 Å². The molecule has 0 saturated heterocycles. The molecule has 3 aliphatic carbocycles. The van der Waals surface area contributed by atoms with Crippen LogP contribution in [0.15, 0.2) is 4.52 Å². The van der Waals surface area contributed by atoms with Crippen LogP contribution in [0, 0.1) is 11.8 Å². The van der Waals surface area contributed by atoms with E-state index in [1.807, 2.05) is 0 Å². The molecule has 3 fully saturated rings. The van der Waals surface area contributed by atoms with Crippen LogP contribution in [-0.4, -0.2) is 21.4 Å². The highest BCUT2D eigenvalue weighted by Crippen LogP contribution is 2.52. The van der Waals surface area contributed by atoms with Gasteiger partial charge in [-0.3, -0.25) is 0 Å². The molecule has 4 nitrogen and oxygen atoms in total. The van der Waals surface area contributed by atoms with Gasteiger partial charge in [0, 0.05) is 5.92 Å². The molecular formula is C15H22N2O2. The molecule has 1 N–H and O–H groups in total. The van der Waals surface area contributed by atoms with E-state index < -0.39 is 0 Å². The Balaban J connectivity index is 1.53. The molecule has 1 aromatic rings.